The zero-order valence-electron chi connectivity index (χ0n) is 12.3. The molecule has 122 valence electrons. The van der Waals surface area contributed by atoms with Crippen LogP contribution < -0.4 is 4.72 Å². The average Bonchev–Trinajstić information content (AvgIpc) is 2.89. The van der Waals surface area contributed by atoms with Crippen LogP contribution in [-0.4, -0.2) is 33.5 Å². The van der Waals surface area contributed by atoms with Crippen LogP contribution in [0.4, 0.5) is 4.39 Å². The second kappa shape index (κ2) is 6.23. The molecule has 0 bridgehead atoms. The van der Waals surface area contributed by atoms with Crippen molar-refractivity contribution in [2.75, 3.05) is 13.2 Å². The maximum atomic E-state index is 12.9. The normalized spacial score (nSPS) is 24.7. The third-order valence-corrected chi connectivity index (χ3v) is 5.59. The van der Waals surface area contributed by atoms with Gasteiger partial charge in [0.2, 0.25) is 10.0 Å². The lowest BCUT2D eigenvalue weighted by molar-refractivity contribution is -0.186. The second-order valence-electron chi connectivity index (χ2n) is 5.83. The maximum Gasteiger partial charge on any atom is 0.240 e. The molecule has 1 saturated carbocycles. The van der Waals surface area contributed by atoms with Crippen LogP contribution in [0.5, 0.6) is 0 Å². The predicted molar refractivity (Wildman–Crippen MR) is 78.2 cm³/mol. The molecule has 2 fully saturated rings. The van der Waals surface area contributed by atoms with Crippen molar-refractivity contribution in [2.45, 2.75) is 48.9 Å². The van der Waals surface area contributed by atoms with E-state index in [2.05, 4.69) is 4.72 Å². The average molecular weight is 329 g/mol. The Bertz CT molecular complexity index is 611. The molecule has 0 radical (unpaired) electrons. The molecule has 1 aromatic rings. The summed E-state index contributed by atoms with van der Waals surface area (Å²) in [7, 11) is -3.66. The lowest BCUT2D eigenvalue weighted by Gasteiger charge is -2.31. The lowest BCUT2D eigenvalue weighted by Crippen LogP contribution is -2.37. The largest absolute Gasteiger partial charge is 0.347 e. The van der Waals surface area contributed by atoms with E-state index < -0.39 is 21.6 Å². The van der Waals surface area contributed by atoms with Crippen LogP contribution in [0.2, 0.25) is 0 Å². The molecule has 1 heterocycles. The number of benzene rings is 1. The highest BCUT2D eigenvalue weighted by atomic mass is 32.2. The molecule has 1 aliphatic carbocycles. The van der Waals surface area contributed by atoms with Crippen LogP contribution in [0, 0.1) is 5.82 Å². The molecule has 1 aliphatic heterocycles. The summed E-state index contributed by atoms with van der Waals surface area (Å²) in [6, 6.07) is 4.74. The number of halogens is 1. The molecular weight excluding hydrogens is 309 g/mol. The van der Waals surface area contributed by atoms with Crippen molar-refractivity contribution < 1.29 is 22.3 Å². The Labute approximate surface area is 129 Å². The van der Waals surface area contributed by atoms with E-state index in [1.165, 1.54) is 18.6 Å². The number of ether oxygens (including phenoxy) is 2. The predicted octanol–water partition coefficient (Wildman–Crippen LogP) is 2.18. The molecule has 5 nitrogen and oxygen atoms in total. The fraction of sp³-hybridized carbons (Fsp3) is 0.600. The highest BCUT2D eigenvalue weighted by molar-refractivity contribution is 7.89. The number of hydrogen-bond acceptors (Lipinski definition) is 4. The van der Waals surface area contributed by atoms with Crippen LogP contribution in [0.25, 0.3) is 0 Å². The Balaban J connectivity index is 1.57. The first-order valence-corrected chi connectivity index (χ1v) is 9.04. The van der Waals surface area contributed by atoms with Crippen molar-refractivity contribution in [1.29, 1.82) is 0 Å². The molecule has 0 amide bonds. The Morgan fingerprint density at radius 1 is 1.18 bits per heavy atom. The summed E-state index contributed by atoms with van der Waals surface area (Å²) in [4.78, 5) is 0.0418. The van der Waals surface area contributed by atoms with Crippen molar-refractivity contribution in [3.8, 4) is 0 Å². The smallest absolute Gasteiger partial charge is 0.240 e. The summed E-state index contributed by atoms with van der Waals surface area (Å²) in [5.74, 6) is -0.977. The first-order chi connectivity index (χ1) is 10.5. The molecule has 2 aliphatic rings. The summed E-state index contributed by atoms with van der Waals surface area (Å²) in [6.07, 6.45) is 4.80. The van der Waals surface area contributed by atoms with E-state index in [4.69, 9.17) is 9.47 Å². The monoisotopic (exact) mass is 329 g/mol. The second-order valence-corrected chi connectivity index (χ2v) is 7.59. The molecule has 22 heavy (non-hydrogen) atoms. The van der Waals surface area contributed by atoms with Gasteiger partial charge >= 0.3 is 0 Å². The van der Waals surface area contributed by atoms with Crippen molar-refractivity contribution in [1.82, 2.24) is 4.72 Å². The SMILES string of the molecule is O=S(=O)(NCC1COC2(CCCCC2)O1)c1ccc(F)cc1. The van der Waals surface area contributed by atoms with Crippen LogP contribution in [0.1, 0.15) is 32.1 Å². The van der Waals surface area contributed by atoms with Crippen LogP contribution in [0.3, 0.4) is 0 Å². The van der Waals surface area contributed by atoms with Gasteiger partial charge in [-0.15, -0.1) is 0 Å². The molecule has 1 spiro atoms. The van der Waals surface area contributed by atoms with Crippen molar-refractivity contribution >= 4 is 10.0 Å². The van der Waals surface area contributed by atoms with Gasteiger partial charge in [-0.05, 0) is 37.1 Å². The minimum Gasteiger partial charge on any atom is -0.347 e. The number of hydrogen-bond donors (Lipinski definition) is 1. The molecule has 1 saturated heterocycles. The topological polar surface area (TPSA) is 64.6 Å². The van der Waals surface area contributed by atoms with E-state index in [0.717, 1.165) is 37.8 Å². The van der Waals surface area contributed by atoms with E-state index >= 15 is 0 Å². The number of nitrogens with one attached hydrogen (secondary N) is 1. The first kappa shape index (κ1) is 15.9. The van der Waals surface area contributed by atoms with Gasteiger partial charge < -0.3 is 9.47 Å². The highest BCUT2D eigenvalue weighted by Crippen LogP contribution is 2.37. The van der Waals surface area contributed by atoms with E-state index in [-0.39, 0.29) is 17.5 Å². The maximum absolute atomic E-state index is 12.9. The van der Waals surface area contributed by atoms with Gasteiger partial charge in [0, 0.05) is 19.4 Å². The van der Waals surface area contributed by atoms with Gasteiger partial charge in [0.05, 0.1) is 17.6 Å². The molecule has 7 heteroatoms. The van der Waals surface area contributed by atoms with Gasteiger partial charge in [0.15, 0.2) is 5.79 Å². The minimum atomic E-state index is -3.66. The number of rotatable bonds is 4. The zero-order chi connectivity index (χ0) is 15.6. The quantitative estimate of drug-likeness (QED) is 0.919. The molecule has 1 unspecified atom stereocenters. The highest BCUT2D eigenvalue weighted by Gasteiger charge is 2.42. The zero-order valence-corrected chi connectivity index (χ0v) is 13.1. The summed E-state index contributed by atoms with van der Waals surface area (Å²) < 4.78 is 51.3. The standard InChI is InChI=1S/C15H20FNO4S/c16-12-4-6-14(7-5-12)22(18,19)17-10-13-11-20-15(21-13)8-2-1-3-9-15/h4-7,13,17H,1-3,8-11H2. The van der Waals surface area contributed by atoms with E-state index in [9.17, 15) is 12.8 Å². The lowest BCUT2D eigenvalue weighted by atomic mass is 9.94. The van der Waals surface area contributed by atoms with Crippen molar-refractivity contribution in [2.24, 2.45) is 0 Å². The van der Waals surface area contributed by atoms with Crippen LogP contribution in [-0.2, 0) is 19.5 Å². The van der Waals surface area contributed by atoms with Crippen LogP contribution >= 0.6 is 0 Å². The molecule has 1 aromatic carbocycles. The van der Waals surface area contributed by atoms with E-state index in [1.807, 2.05) is 0 Å². The Morgan fingerprint density at radius 3 is 2.55 bits per heavy atom. The Hall–Kier alpha value is -1.02. The number of sulfonamides is 1. The van der Waals surface area contributed by atoms with Gasteiger partial charge in [-0.1, -0.05) is 6.42 Å². The van der Waals surface area contributed by atoms with Crippen molar-refractivity contribution in [3.63, 3.8) is 0 Å². The minimum absolute atomic E-state index is 0.0418. The van der Waals surface area contributed by atoms with Crippen LogP contribution in [0.15, 0.2) is 29.2 Å². The van der Waals surface area contributed by atoms with E-state index in [1.54, 1.807) is 0 Å². The van der Waals surface area contributed by atoms with Gasteiger partial charge in [-0.2, -0.15) is 0 Å². The third-order valence-electron chi connectivity index (χ3n) is 4.15. The van der Waals surface area contributed by atoms with Gasteiger partial charge in [-0.3, -0.25) is 0 Å². The first-order valence-electron chi connectivity index (χ1n) is 7.56. The summed E-state index contributed by atoms with van der Waals surface area (Å²) >= 11 is 0. The Kier molecular flexibility index (Phi) is 4.49. The Morgan fingerprint density at radius 2 is 1.86 bits per heavy atom. The fourth-order valence-corrected chi connectivity index (χ4v) is 4.04. The summed E-state index contributed by atoms with van der Waals surface area (Å²) in [5, 5.41) is 0. The van der Waals surface area contributed by atoms with E-state index in [0.29, 0.717) is 6.61 Å². The molecular formula is C15H20FNO4S. The molecule has 1 atom stereocenters. The fourth-order valence-electron chi connectivity index (χ4n) is 2.97. The van der Waals surface area contributed by atoms with Gasteiger partial charge in [0.1, 0.15) is 5.82 Å². The summed E-state index contributed by atoms with van der Waals surface area (Å²) in [5.41, 5.74) is 0. The van der Waals surface area contributed by atoms with Gasteiger partial charge in [-0.25, -0.2) is 17.5 Å². The van der Waals surface area contributed by atoms with Gasteiger partial charge in [0.25, 0.3) is 0 Å². The van der Waals surface area contributed by atoms with Crippen molar-refractivity contribution in [3.05, 3.63) is 30.1 Å². The molecule has 1 N–H and O–H groups in total. The molecule has 3 rings (SSSR count). The summed E-state index contributed by atoms with van der Waals surface area (Å²) in [6.45, 7) is 0.549. The third kappa shape index (κ3) is 3.48. The molecule has 0 aromatic heterocycles.